The Bertz CT molecular complexity index is 3000. The topological polar surface area (TPSA) is 76.7 Å². The van der Waals surface area contributed by atoms with Gasteiger partial charge in [-0.15, -0.1) is 0 Å². The van der Waals surface area contributed by atoms with Crippen molar-refractivity contribution in [3.8, 4) is 11.1 Å². The van der Waals surface area contributed by atoms with Crippen molar-refractivity contribution in [2.75, 3.05) is 0 Å². The van der Waals surface area contributed by atoms with Crippen molar-refractivity contribution in [1.82, 2.24) is 5.32 Å². The van der Waals surface area contributed by atoms with E-state index in [4.69, 9.17) is 19.6 Å². The van der Waals surface area contributed by atoms with Gasteiger partial charge in [0, 0.05) is 32.7 Å². The van der Waals surface area contributed by atoms with Crippen LogP contribution in [0.4, 0.5) is 0 Å². The molecule has 0 bridgehead atoms. The highest BCUT2D eigenvalue weighted by Crippen LogP contribution is 2.41. The first kappa shape index (κ1) is 32.9. The molecule has 266 valence electrons. The van der Waals surface area contributed by atoms with Crippen LogP contribution in [0.3, 0.4) is 0 Å². The minimum atomic E-state index is -0.633. The Balaban J connectivity index is 1.04. The van der Waals surface area contributed by atoms with Gasteiger partial charge >= 0.3 is 0 Å². The maximum absolute atomic E-state index is 7.32. The number of allylic oxidation sites excluding steroid dienone is 4. The predicted molar refractivity (Wildman–Crippen MR) is 228 cm³/mol. The van der Waals surface area contributed by atoms with Gasteiger partial charge in [0.15, 0.2) is 0 Å². The molecule has 0 spiro atoms. The maximum atomic E-state index is 7.32. The van der Waals surface area contributed by atoms with E-state index in [1.54, 1.807) is 0 Å². The lowest BCUT2D eigenvalue weighted by Gasteiger charge is -2.22. The van der Waals surface area contributed by atoms with Crippen molar-refractivity contribution in [3.05, 3.63) is 186 Å². The van der Waals surface area contributed by atoms with Crippen molar-refractivity contribution >= 4 is 66.1 Å². The zero-order valence-electron chi connectivity index (χ0n) is 30.5. The number of nitrogens with two attached hydrogens (primary N) is 1. The molecule has 5 heteroatoms. The first-order valence-electron chi connectivity index (χ1n) is 18.9. The second-order valence-electron chi connectivity index (χ2n) is 14.6. The summed E-state index contributed by atoms with van der Waals surface area (Å²) in [6, 6.07) is 50.4. The molecule has 1 aliphatic rings. The van der Waals surface area contributed by atoms with Crippen molar-refractivity contribution in [3.63, 3.8) is 0 Å². The molecule has 0 amide bonds. The van der Waals surface area contributed by atoms with Gasteiger partial charge in [-0.1, -0.05) is 128 Å². The van der Waals surface area contributed by atoms with Gasteiger partial charge in [-0.05, 0) is 93.4 Å². The summed E-state index contributed by atoms with van der Waals surface area (Å²) >= 11 is 0. The van der Waals surface area contributed by atoms with Crippen LogP contribution in [-0.4, -0.2) is 5.84 Å². The van der Waals surface area contributed by atoms with E-state index in [9.17, 15) is 0 Å². The van der Waals surface area contributed by atoms with E-state index in [1.165, 1.54) is 21.9 Å². The monoisotopic (exact) mass is 713 g/mol. The number of nitrogens with zero attached hydrogens (tertiary/aromatic N) is 1. The molecule has 2 atom stereocenters. The smallest absolute Gasteiger partial charge is 0.136 e. The van der Waals surface area contributed by atoms with E-state index in [-0.39, 0.29) is 0 Å². The number of amidine groups is 1. The first-order chi connectivity index (χ1) is 27.1. The molecule has 1 aliphatic carbocycles. The highest BCUT2D eigenvalue weighted by molar-refractivity contribution is 6.11. The lowest BCUT2D eigenvalue weighted by molar-refractivity contribution is 0.663. The normalized spacial score (nSPS) is 15.3. The molecule has 2 heterocycles. The molecule has 2 unspecified atom stereocenters. The molecule has 3 N–H and O–H groups in total. The minimum absolute atomic E-state index is 0.488. The number of furan rings is 2. The van der Waals surface area contributed by atoms with Crippen molar-refractivity contribution < 1.29 is 8.83 Å². The molecule has 9 aromatic rings. The molecule has 0 radical (unpaired) electrons. The SMILES string of the molecule is CC1C=C(c2ccc3cc(C/N=C(\NC(N)c4c(-c5ccc6c(c5)oc5ccccc56)ccc5oc6ccccc6c45)c4ccccc4)ccc3c2)C=CC1. The van der Waals surface area contributed by atoms with Gasteiger partial charge in [0.05, 0.1) is 6.54 Å². The number of fused-ring (bicyclic) bond motifs is 7. The third kappa shape index (κ3) is 6.09. The summed E-state index contributed by atoms with van der Waals surface area (Å²) in [5, 5.41) is 10.3. The summed E-state index contributed by atoms with van der Waals surface area (Å²) < 4.78 is 12.7. The molecule has 10 rings (SSSR count). The van der Waals surface area contributed by atoms with Crippen molar-refractivity contribution in [1.29, 1.82) is 0 Å². The Morgan fingerprint density at radius 3 is 2.25 bits per heavy atom. The number of para-hydroxylation sites is 2. The summed E-state index contributed by atoms with van der Waals surface area (Å²) in [7, 11) is 0. The minimum Gasteiger partial charge on any atom is -0.456 e. The Morgan fingerprint density at radius 1 is 0.691 bits per heavy atom. The third-order valence-corrected chi connectivity index (χ3v) is 10.9. The van der Waals surface area contributed by atoms with E-state index >= 15 is 0 Å². The number of aliphatic imine (C=N–C) groups is 1. The van der Waals surface area contributed by atoms with Crippen molar-refractivity contribution in [2.45, 2.75) is 26.1 Å². The predicted octanol–water partition coefficient (Wildman–Crippen LogP) is 12.5. The fourth-order valence-electron chi connectivity index (χ4n) is 8.12. The van der Waals surface area contributed by atoms with Crippen LogP contribution in [0.2, 0.25) is 0 Å². The summed E-state index contributed by atoms with van der Waals surface area (Å²) in [6.45, 7) is 2.76. The second-order valence-corrected chi connectivity index (χ2v) is 14.6. The molecule has 55 heavy (non-hydrogen) atoms. The van der Waals surface area contributed by atoms with E-state index in [2.05, 4.69) is 115 Å². The van der Waals surface area contributed by atoms with Gasteiger partial charge in [0.25, 0.3) is 0 Å². The summed E-state index contributed by atoms with van der Waals surface area (Å²) in [4.78, 5) is 5.20. The molecule has 7 aromatic carbocycles. The van der Waals surface area contributed by atoms with E-state index in [1.807, 2.05) is 60.7 Å². The van der Waals surface area contributed by atoms with Crippen LogP contribution in [0.1, 0.15) is 41.8 Å². The Morgan fingerprint density at radius 2 is 1.40 bits per heavy atom. The van der Waals surface area contributed by atoms with Crippen LogP contribution in [0, 0.1) is 5.92 Å². The molecular weight excluding hydrogens is 675 g/mol. The number of nitrogens with one attached hydrogen (secondary N) is 1. The molecule has 0 saturated heterocycles. The number of hydrogen-bond donors (Lipinski definition) is 2. The van der Waals surface area contributed by atoms with Gasteiger partial charge in [-0.2, -0.15) is 0 Å². The Labute approximate surface area is 319 Å². The molecule has 0 saturated carbocycles. The zero-order chi connectivity index (χ0) is 36.9. The van der Waals surface area contributed by atoms with Crippen molar-refractivity contribution in [2.24, 2.45) is 16.6 Å². The highest BCUT2D eigenvalue weighted by atomic mass is 16.3. The molecule has 0 fully saturated rings. The van der Waals surface area contributed by atoms with Gasteiger partial charge in [0.2, 0.25) is 0 Å². The third-order valence-electron chi connectivity index (χ3n) is 10.9. The summed E-state index contributed by atoms with van der Waals surface area (Å²) in [5.74, 6) is 1.28. The van der Waals surface area contributed by atoms with E-state index in [0.717, 1.165) is 84.0 Å². The maximum Gasteiger partial charge on any atom is 0.136 e. The fourth-order valence-corrected chi connectivity index (χ4v) is 8.12. The average Bonchev–Trinajstić information content (AvgIpc) is 3.80. The Hall–Kier alpha value is -6.69. The van der Waals surface area contributed by atoms with Crippen LogP contribution in [0.15, 0.2) is 178 Å². The first-order valence-corrected chi connectivity index (χ1v) is 18.9. The molecule has 0 aliphatic heterocycles. The lowest BCUT2D eigenvalue weighted by Crippen LogP contribution is -2.35. The number of benzene rings is 7. The van der Waals surface area contributed by atoms with Crippen LogP contribution >= 0.6 is 0 Å². The Kier molecular flexibility index (Phi) is 8.15. The van der Waals surface area contributed by atoms with E-state index < -0.39 is 6.17 Å². The van der Waals surface area contributed by atoms with Gasteiger partial charge < -0.3 is 19.9 Å². The van der Waals surface area contributed by atoms with Gasteiger partial charge in [-0.3, -0.25) is 4.99 Å². The zero-order valence-corrected chi connectivity index (χ0v) is 30.5. The number of rotatable bonds is 7. The number of hydrogen-bond acceptors (Lipinski definition) is 4. The fraction of sp³-hybridized carbons (Fsp3) is 0.100. The molecule has 5 nitrogen and oxygen atoms in total. The quantitative estimate of drug-likeness (QED) is 0.0979. The summed E-state index contributed by atoms with van der Waals surface area (Å²) in [5.41, 5.74) is 18.2. The molecule has 2 aromatic heterocycles. The largest absolute Gasteiger partial charge is 0.456 e. The highest BCUT2D eigenvalue weighted by Gasteiger charge is 2.23. The average molecular weight is 714 g/mol. The van der Waals surface area contributed by atoms with Crippen LogP contribution < -0.4 is 11.1 Å². The van der Waals surface area contributed by atoms with Crippen LogP contribution in [0.25, 0.3) is 71.3 Å². The summed E-state index contributed by atoms with van der Waals surface area (Å²) in [6.07, 6.45) is 7.35. The lowest BCUT2D eigenvalue weighted by atomic mass is 9.92. The van der Waals surface area contributed by atoms with E-state index in [0.29, 0.717) is 12.5 Å². The van der Waals surface area contributed by atoms with Gasteiger partial charge in [0.1, 0.15) is 34.3 Å². The standard InChI is InChI=1S/C50H39N3O2/c1-31-10-9-13-34(26-31)37-21-20-35-27-32(18-19-36(35)28-37)30-52-50(33-11-3-2-4-12-33)53-49(51)48-39(24-25-45-47(48)42-15-6-8-17-44(42)54-45)38-22-23-41-40-14-5-7-16-43(40)55-46(41)29-38/h2-9,11-29,31,49H,10,30,51H2,1H3,(H,52,53). The molecular formula is C50H39N3O2. The van der Waals surface area contributed by atoms with Gasteiger partial charge in [-0.25, -0.2) is 0 Å². The van der Waals surface area contributed by atoms with Crippen LogP contribution in [0.5, 0.6) is 0 Å². The second kappa shape index (κ2) is 13.6. The van der Waals surface area contributed by atoms with Crippen LogP contribution in [-0.2, 0) is 6.54 Å².